The highest BCUT2D eigenvalue weighted by Gasteiger charge is 2.19. The Hall–Kier alpha value is -1.06. The van der Waals surface area contributed by atoms with Crippen LogP contribution >= 0.6 is 0 Å². The molecular formula is C16H27N3. The van der Waals surface area contributed by atoms with Gasteiger partial charge in [0.15, 0.2) is 0 Å². The molecule has 1 heterocycles. The lowest BCUT2D eigenvalue weighted by Gasteiger charge is -2.28. The molecule has 1 aliphatic heterocycles. The second-order valence-electron chi connectivity index (χ2n) is 5.89. The molecule has 1 aliphatic rings. The number of anilines is 1. The van der Waals surface area contributed by atoms with Gasteiger partial charge in [-0.25, -0.2) is 0 Å². The van der Waals surface area contributed by atoms with Gasteiger partial charge in [-0.3, -0.25) is 4.90 Å². The monoisotopic (exact) mass is 261 g/mol. The van der Waals surface area contributed by atoms with Crippen LogP contribution in [0.15, 0.2) is 24.3 Å². The Morgan fingerprint density at radius 1 is 1.21 bits per heavy atom. The average molecular weight is 261 g/mol. The van der Waals surface area contributed by atoms with Crippen LogP contribution in [0, 0.1) is 0 Å². The first-order chi connectivity index (χ1) is 9.08. The fraction of sp³-hybridized carbons (Fsp3) is 0.625. The highest BCUT2D eigenvalue weighted by atomic mass is 15.2. The summed E-state index contributed by atoms with van der Waals surface area (Å²) in [6.45, 7) is 4.61. The molecule has 106 valence electrons. The second kappa shape index (κ2) is 6.40. The zero-order valence-corrected chi connectivity index (χ0v) is 12.7. The summed E-state index contributed by atoms with van der Waals surface area (Å²) >= 11 is 0. The number of hydrogen-bond donors (Lipinski definition) is 1. The molecule has 1 N–H and O–H groups in total. The maximum absolute atomic E-state index is 3.57. The van der Waals surface area contributed by atoms with Crippen molar-refractivity contribution in [3.8, 4) is 0 Å². The van der Waals surface area contributed by atoms with Gasteiger partial charge in [0.2, 0.25) is 0 Å². The van der Waals surface area contributed by atoms with Crippen molar-refractivity contribution in [3.05, 3.63) is 29.8 Å². The first kappa shape index (κ1) is 14.4. The van der Waals surface area contributed by atoms with E-state index >= 15 is 0 Å². The molecule has 0 amide bonds. The summed E-state index contributed by atoms with van der Waals surface area (Å²) in [5.41, 5.74) is 2.65. The van der Waals surface area contributed by atoms with Crippen LogP contribution < -0.4 is 10.2 Å². The van der Waals surface area contributed by atoms with E-state index in [2.05, 4.69) is 67.4 Å². The highest BCUT2D eigenvalue weighted by Crippen LogP contribution is 2.22. The Bertz CT molecular complexity index is 379. The predicted octanol–water partition coefficient (Wildman–Crippen LogP) is 2.50. The van der Waals surface area contributed by atoms with Gasteiger partial charge < -0.3 is 10.2 Å². The van der Waals surface area contributed by atoms with Gasteiger partial charge in [-0.2, -0.15) is 0 Å². The van der Waals surface area contributed by atoms with Gasteiger partial charge in [0.1, 0.15) is 0 Å². The summed E-state index contributed by atoms with van der Waals surface area (Å²) in [6, 6.07) is 10.0. The summed E-state index contributed by atoms with van der Waals surface area (Å²) in [6.07, 6.45) is 2.64. The van der Waals surface area contributed by atoms with Crippen molar-refractivity contribution in [2.45, 2.75) is 31.8 Å². The molecule has 3 heteroatoms. The predicted molar refractivity (Wildman–Crippen MR) is 82.8 cm³/mol. The maximum Gasteiger partial charge on any atom is 0.0361 e. The minimum Gasteiger partial charge on any atom is -0.378 e. The Kier molecular flexibility index (Phi) is 4.83. The molecule has 2 rings (SSSR count). The number of benzene rings is 1. The van der Waals surface area contributed by atoms with E-state index in [1.54, 1.807) is 0 Å². The maximum atomic E-state index is 3.57. The largest absolute Gasteiger partial charge is 0.378 e. The van der Waals surface area contributed by atoms with Crippen LogP contribution in [0.1, 0.15) is 31.4 Å². The Labute approximate surface area is 117 Å². The normalized spacial score (nSPS) is 20.8. The smallest absolute Gasteiger partial charge is 0.0361 e. The van der Waals surface area contributed by atoms with Crippen molar-refractivity contribution >= 4 is 5.69 Å². The van der Waals surface area contributed by atoms with Crippen LogP contribution in [0.25, 0.3) is 0 Å². The molecule has 1 aromatic rings. The summed E-state index contributed by atoms with van der Waals surface area (Å²) in [7, 11) is 6.39. The molecule has 3 nitrogen and oxygen atoms in total. The fourth-order valence-electron chi connectivity index (χ4n) is 2.72. The van der Waals surface area contributed by atoms with Crippen molar-refractivity contribution in [1.29, 1.82) is 0 Å². The molecular weight excluding hydrogens is 234 g/mol. The summed E-state index contributed by atoms with van der Waals surface area (Å²) in [5.74, 6) is 0. The Morgan fingerprint density at radius 3 is 2.42 bits per heavy atom. The van der Waals surface area contributed by atoms with Gasteiger partial charge in [-0.1, -0.05) is 12.1 Å². The molecule has 0 saturated carbocycles. The second-order valence-corrected chi connectivity index (χ2v) is 5.89. The average Bonchev–Trinajstić information content (AvgIpc) is 2.90. The number of hydrogen-bond acceptors (Lipinski definition) is 3. The van der Waals surface area contributed by atoms with Crippen molar-refractivity contribution in [2.75, 3.05) is 39.1 Å². The number of nitrogens with one attached hydrogen (secondary N) is 1. The lowest BCUT2D eigenvalue weighted by molar-refractivity contribution is 0.238. The molecule has 2 atom stereocenters. The van der Waals surface area contributed by atoms with Gasteiger partial charge in [0.05, 0.1) is 0 Å². The topological polar surface area (TPSA) is 18.5 Å². The molecule has 1 aromatic carbocycles. The third-order valence-electron chi connectivity index (χ3n) is 4.22. The van der Waals surface area contributed by atoms with Gasteiger partial charge in [-0.05, 0) is 51.1 Å². The van der Waals surface area contributed by atoms with Crippen LogP contribution in [0.2, 0.25) is 0 Å². The zero-order chi connectivity index (χ0) is 13.8. The molecule has 1 fully saturated rings. The molecule has 0 bridgehead atoms. The molecule has 19 heavy (non-hydrogen) atoms. The zero-order valence-electron chi connectivity index (χ0n) is 12.7. The van der Waals surface area contributed by atoms with E-state index in [1.807, 2.05) is 0 Å². The Morgan fingerprint density at radius 2 is 1.89 bits per heavy atom. The lowest BCUT2D eigenvalue weighted by Crippen LogP contribution is -2.36. The van der Waals surface area contributed by atoms with Crippen LogP contribution in [0.5, 0.6) is 0 Å². The van der Waals surface area contributed by atoms with Crippen molar-refractivity contribution in [3.63, 3.8) is 0 Å². The molecule has 2 unspecified atom stereocenters. The first-order valence-electron chi connectivity index (χ1n) is 7.29. The molecule has 0 spiro atoms. The Balaban J connectivity index is 1.95. The van der Waals surface area contributed by atoms with E-state index in [0.717, 1.165) is 6.54 Å². The van der Waals surface area contributed by atoms with E-state index in [-0.39, 0.29) is 0 Å². The van der Waals surface area contributed by atoms with Crippen LogP contribution in [-0.2, 0) is 0 Å². The van der Waals surface area contributed by atoms with Crippen LogP contribution in [0.3, 0.4) is 0 Å². The third kappa shape index (κ3) is 3.71. The van der Waals surface area contributed by atoms with Crippen LogP contribution in [0.4, 0.5) is 5.69 Å². The number of likely N-dealkylation sites (N-methyl/N-ethyl adjacent to an activating group) is 1. The molecule has 0 aromatic heterocycles. The minimum absolute atomic E-state index is 0.471. The van der Waals surface area contributed by atoms with Crippen molar-refractivity contribution in [1.82, 2.24) is 10.2 Å². The van der Waals surface area contributed by atoms with Gasteiger partial charge in [0, 0.05) is 38.4 Å². The van der Waals surface area contributed by atoms with E-state index in [4.69, 9.17) is 0 Å². The minimum atomic E-state index is 0.471. The first-order valence-corrected chi connectivity index (χ1v) is 7.29. The summed E-state index contributed by atoms with van der Waals surface area (Å²) in [4.78, 5) is 4.59. The fourth-order valence-corrected chi connectivity index (χ4v) is 2.72. The third-order valence-corrected chi connectivity index (χ3v) is 4.22. The highest BCUT2D eigenvalue weighted by molar-refractivity contribution is 5.46. The van der Waals surface area contributed by atoms with Crippen molar-refractivity contribution < 1.29 is 0 Å². The van der Waals surface area contributed by atoms with E-state index in [1.165, 1.54) is 30.6 Å². The lowest BCUT2D eigenvalue weighted by atomic mass is 10.1. The van der Waals surface area contributed by atoms with E-state index in [0.29, 0.717) is 12.1 Å². The molecule has 1 saturated heterocycles. The summed E-state index contributed by atoms with van der Waals surface area (Å²) in [5, 5.41) is 3.57. The van der Waals surface area contributed by atoms with Gasteiger partial charge in [0.25, 0.3) is 0 Å². The number of rotatable bonds is 5. The molecule has 0 aliphatic carbocycles. The van der Waals surface area contributed by atoms with Crippen LogP contribution in [-0.4, -0.2) is 45.2 Å². The number of nitrogens with zero attached hydrogens (tertiary/aromatic N) is 2. The molecule has 0 radical (unpaired) electrons. The quantitative estimate of drug-likeness (QED) is 0.878. The van der Waals surface area contributed by atoms with Crippen molar-refractivity contribution in [2.24, 2.45) is 0 Å². The van der Waals surface area contributed by atoms with Gasteiger partial charge in [-0.15, -0.1) is 0 Å². The standard InChI is InChI=1S/C16H27N3/c1-13(19(4)12-15-6-5-11-17-15)14-7-9-16(10-8-14)18(2)3/h7-10,13,15,17H,5-6,11-12H2,1-4H3. The van der Waals surface area contributed by atoms with E-state index < -0.39 is 0 Å². The van der Waals surface area contributed by atoms with E-state index in [9.17, 15) is 0 Å². The SMILES string of the molecule is CC(c1ccc(N(C)C)cc1)N(C)CC1CCCN1. The van der Waals surface area contributed by atoms with Gasteiger partial charge >= 0.3 is 0 Å². The summed E-state index contributed by atoms with van der Waals surface area (Å²) < 4.78 is 0.